The van der Waals surface area contributed by atoms with Gasteiger partial charge in [0.15, 0.2) is 11.2 Å². The fourth-order valence-corrected chi connectivity index (χ4v) is 3.42. The van der Waals surface area contributed by atoms with Crippen LogP contribution in [0, 0.1) is 0 Å². The Morgan fingerprint density at radius 1 is 1.15 bits per heavy atom. The lowest BCUT2D eigenvalue weighted by Crippen LogP contribution is -2.29. The molecule has 0 fully saturated rings. The van der Waals surface area contributed by atoms with Gasteiger partial charge in [0.2, 0.25) is 0 Å². The van der Waals surface area contributed by atoms with E-state index in [4.69, 9.17) is 4.74 Å². The molecule has 7 heteroatoms. The summed E-state index contributed by atoms with van der Waals surface area (Å²) in [6.07, 6.45) is 2.05. The first-order valence-electron chi connectivity index (χ1n) is 7.86. The molecule has 1 atom stereocenters. The summed E-state index contributed by atoms with van der Waals surface area (Å²) in [5.41, 5.74) is 1.76. The molecule has 5 nitrogen and oxygen atoms in total. The van der Waals surface area contributed by atoms with E-state index < -0.39 is 18.0 Å². The third-order valence-corrected chi connectivity index (χ3v) is 4.99. The van der Waals surface area contributed by atoms with Crippen LogP contribution in [0.3, 0.4) is 0 Å². The number of thiazole rings is 1. The van der Waals surface area contributed by atoms with Crippen molar-refractivity contribution in [2.75, 3.05) is 5.32 Å². The topological polar surface area (TPSA) is 68.3 Å². The number of nitrogens with zero attached hydrogens (tertiary/aromatic N) is 1. The number of carbonyl (C=O) groups excluding carboxylic acids is 2. The number of hydrogen-bond acceptors (Lipinski definition) is 6. The summed E-state index contributed by atoms with van der Waals surface area (Å²) < 4.78 is 5.12. The van der Waals surface area contributed by atoms with Crippen molar-refractivity contribution >= 4 is 45.8 Å². The molecule has 2 aromatic heterocycles. The van der Waals surface area contributed by atoms with Gasteiger partial charge in [-0.2, -0.15) is 0 Å². The number of amides is 1. The molecule has 0 aliphatic carbocycles. The van der Waals surface area contributed by atoms with Gasteiger partial charge in [-0.15, -0.1) is 22.7 Å². The number of benzene rings is 1. The molecule has 0 saturated heterocycles. The van der Waals surface area contributed by atoms with Crippen LogP contribution in [0.4, 0.5) is 5.13 Å². The van der Waals surface area contributed by atoms with Crippen LogP contribution in [0.25, 0.3) is 17.3 Å². The standard InChI is InChI=1S/C19H16N2O3S2/c1-13(24-17(22)10-9-15-8-5-11-25-15)18(23)21-19-20-16(12-26-19)14-6-3-2-4-7-14/h2-13H,1H3,(H,20,21,23)/b10-9+. The average Bonchev–Trinajstić information content (AvgIpc) is 3.32. The summed E-state index contributed by atoms with van der Waals surface area (Å²) in [4.78, 5) is 29.3. The lowest BCUT2D eigenvalue weighted by Gasteiger charge is -2.10. The van der Waals surface area contributed by atoms with E-state index in [1.165, 1.54) is 35.7 Å². The molecule has 0 aliphatic heterocycles. The summed E-state index contributed by atoms with van der Waals surface area (Å²) in [6.45, 7) is 1.53. The highest BCUT2D eigenvalue weighted by molar-refractivity contribution is 7.14. The number of carbonyl (C=O) groups is 2. The molecular formula is C19H16N2O3S2. The summed E-state index contributed by atoms with van der Waals surface area (Å²) in [6, 6.07) is 13.5. The Morgan fingerprint density at radius 3 is 2.69 bits per heavy atom. The highest BCUT2D eigenvalue weighted by Crippen LogP contribution is 2.24. The van der Waals surface area contributed by atoms with Crippen LogP contribution in [0.5, 0.6) is 0 Å². The van der Waals surface area contributed by atoms with Gasteiger partial charge in [0.05, 0.1) is 5.69 Å². The van der Waals surface area contributed by atoms with E-state index in [9.17, 15) is 9.59 Å². The molecule has 1 amide bonds. The van der Waals surface area contributed by atoms with Gasteiger partial charge in [-0.1, -0.05) is 36.4 Å². The number of anilines is 1. The molecule has 3 aromatic rings. The van der Waals surface area contributed by atoms with Crippen LogP contribution in [0.1, 0.15) is 11.8 Å². The minimum atomic E-state index is -0.917. The third kappa shape index (κ3) is 4.87. The van der Waals surface area contributed by atoms with Crippen molar-refractivity contribution in [3.63, 3.8) is 0 Å². The minimum Gasteiger partial charge on any atom is -0.449 e. The highest BCUT2D eigenvalue weighted by Gasteiger charge is 2.18. The van der Waals surface area contributed by atoms with Crippen molar-refractivity contribution in [1.29, 1.82) is 0 Å². The Kier molecular flexibility index (Phi) is 5.93. The maximum Gasteiger partial charge on any atom is 0.331 e. The predicted molar refractivity (Wildman–Crippen MR) is 105 cm³/mol. The predicted octanol–water partition coefficient (Wildman–Crippen LogP) is 4.46. The molecule has 2 heterocycles. The van der Waals surface area contributed by atoms with Crippen molar-refractivity contribution in [2.24, 2.45) is 0 Å². The largest absolute Gasteiger partial charge is 0.449 e. The van der Waals surface area contributed by atoms with E-state index in [1.54, 1.807) is 6.08 Å². The fourth-order valence-electron chi connectivity index (χ4n) is 2.08. The highest BCUT2D eigenvalue weighted by atomic mass is 32.1. The monoisotopic (exact) mass is 384 g/mol. The smallest absolute Gasteiger partial charge is 0.331 e. The van der Waals surface area contributed by atoms with E-state index >= 15 is 0 Å². The molecule has 26 heavy (non-hydrogen) atoms. The second-order valence-corrected chi connectivity index (χ2v) is 7.16. The molecule has 3 rings (SSSR count). The van der Waals surface area contributed by atoms with Crippen LogP contribution in [0.2, 0.25) is 0 Å². The summed E-state index contributed by atoms with van der Waals surface area (Å²) in [7, 11) is 0. The number of aromatic nitrogens is 1. The number of hydrogen-bond donors (Lipinski definition) is 1. The maximum absolute atomic E-state index is 12.2. The first-order valence-corrected chi connectivity index (χ1v) is 9.62. The molecule has 1 unspecified atom stereocenters. The first kappa shape index (κ1) is 18.0. The maximum atomic E-state index is 12.2. The van der Waals surface area contributed by atoms with Gasteiger partial charge in [-0.25, -0.2) is 9.78 Å². The van der Waals surface area contributed by atoms with Gasteiger partial charge in [0, 0.05) is 21.9 Å². The quantitative estimate of drug-likeness (QED) is 0.503. The van der Waals surface area contributed by atoms with Gasteiger partial charge >= 0.3 is 5.97 Å². The summed E-state index contributed by atoms with van der Waals surface area (Å²) >= 11 is 2.83. The normalized spacial score (nSPS) is 12.0. The van der Waals surface area contributed by atoms with E-state index in [0.717, 1.165) is 16.1 Å². The number of thiophene rings is 1. The molecule has 0 aliphatic rings. The van der Waals surface area contributed by atoms with Crippen molar-refractivity contribution in [3.05, 3.63) is 64.2 Å². The van der Waals surface area contributed by atoms with E-state index in [0.29, 0.717) is 5.13 Å². The lowest BCUT2D eigenvalue weighted by atomic mass is 10.2. The van der Waals surface area contributed by atoms with Crippen LogP contribution in [0.15, 0.2) is 59.3 Å². The van der Waals surface area contributed by atoms with Crippen LogP contribution in [-0.2, 0) is 14.3 Å². The van der Waals surface area contributed by atoms with Gasteiger partial charge in [-0.05, 0) is 24.4 Å². The van der Waals surface area contributed by atoms with Crippen molar-refractivity contribution in [2.45, 2.75) is 13.0 Å². The molecule has 0 saturated carbocycles. The molecule has 1 aromatic carbocycles. The number of esters is 1. The molecule has 0 radical (unpaired) electrons. The Labute approximate surface area is 159 Å². The molecule has 1 N–H and O–H groups in total. The zero-order valence-electron chi connectivity index (χ0n) is 13.9. The zero-order chi connectivity index (χ0) is 18.4. The van der Waals surface area contributed by atoms with Gasteiger partial charge in [-0.3, -0.25) is 10.1 Å². The van der Waals surface area contributed by atoms with Crippen LogP contribution in [-0.4, -0.2) is 23.0 Å². The lowest BCUT2D eigenvalue weighted by molar-refractivity contribution is -0.148. The second-order valence-electron chi connectivity index (χ2n) is 5.32. The Bertz CT molecular complexity index is 902. The van der Waals surface area contributed by atoms with Crippen LogP contribution >= 0.6 is 22.7 Å². The fraction of sp³-hybridized carbons (Fsp3) is 0.105. The minimum absolute atomic E-state index is 0.420. The third-order valence-electron chi connectivity index (χ3n) is 3.39. The van der Waals surface area contributed by atoms with Gasteiger partial charge in [0.25, 0.3) is 5.91 Å². The Balaban J connectivity index is 1.54. The van der Waals surface area contributed by atoms with E-state index in [2.05, 4.69) is 10.3 Å². The van der Waals surface area contributed by atoms with Gasteiger partial charge in [0.1, 0.15) is 0 Å². The molecule has 0 spiro atoms. The van der Waals surface area contributed by atoms with E-state index in [-0.39, 0.29) is 0 Å². The average molecular weight is 384 g/mol. The van der Waals surface area contributed by atoms with Crippen LogP contribution < -0.4 is 5.32 Å². The summed E-state index contributed by atoms with van der Waals surface area (Å²) in [5, 5.41) is 6.92. The Morgan fingerprint density at radius 2 is 1.96 bits per heavy atom. The molecule has 0 bridgehead atoms. The second kappa shape index (κ2) is 8.55. The van der Waals surface area contributed by atoms with E-state index in [1.807, 2.05) is 53.2 Å². The SMILES string of the molecule is CC(OC(=O)/C=C/c1cccs1)C(=O)Nc1nc(-c2ccccc2)cs1. The number of ether oxygens (including phenoxy) is 1. The Hall–Kier alpha value is -2.77. The number of rotatable bonds is 6. The van der Waals surface area contributed by atoms with Crippen molar-refractivity contribution < 1.29 is 14.3 Å². The molecule has 132 valence electrons. The molecular weight excluding hydrogens is 368 g/mol. The number of nitrogens with one attached hydrogen (secondary N) is 1. The van der Waals surface area contributed by atoms with Crippen molar-refractivity contribution in [3.8, 4) is 11.3 Å². The van der Waals surface area contributed by atoms with Crippen molar-refractivity contribution in [1.82, 2.24) is 4.98 Å². The van der Waals surface area contributed by atoms with Gasteiger partial charge < -0.3 is 4.74 Å². The zero-order valence-corrected chi connectivity index (χ0v) is 15.5. The first-order chi connectivity index (χ1) is 12.6. The summed E-state index contributed by atoms with van der Waals surface area (Å²) in [5.74, 6) is -0.984.